The number of benzene rings is 1. The van der Waals surface area contributed by atoms with Crippen LogP contribution in [0.15, 0.2) is 29.3 Å². The molecule has 0 aromatic heterocycles. The number of halogens is 1. The van der Waals surface area contributed by atoms with Crippen LogP contribution in [0.1, 0.15) is 13.8 Å². The van der Waals surface area contributed by atoms with E-state index < -0.39 is 0 Å². The molecule has 0 radical (unpaired) electrons. The molecule has 1 fully saturated rings. The van der Waals surface area contributed by atoms with Crippen LogP contribution < -0.4 is 10.2 Å². The van der Waals surface area contributed by atoms with Gasteiger partial charge in [0.15, 0.2) is 5.96 Å². The molecule has 0 bridgehead atoms. The molecular weight excluding hydrogens is 305 g/mol. The third kappa shape index (κ3) is 5.37. The third-order valence-corrected chi connectivity index (χ3v) is 4.39. The normalized spacial score (nSPS) is 16.0. The number of hydrogen-bond acceptors (Lipinski definition) is 3. The van der Waals surface area contributed by atoms with Gasteiger partial charge in [0.2, 0.25) is 0 Å². The summed E-state index contributed by atoms with van der Waals surface area (Å²) in [5, 5.41) is 3.40. The number of nitrogens with zero attached hydrogens (tertiary/aromatic N) is 4. The van der Waals surface area contributed by atoms with Crippen LogP contribution in [0.4, 0.5) is 10.1 Å². The third-order valence-electron chi connectivity index (χ3n) is 4.39. The second kappa shape index (κ2) is 9.47. The number of aliphatic imine (C=N–C) groups is 1. The lowest BCUT2D eigenvalue weighted by atomic mass is 10.2. The Labute approximate surface area is 145 Å². The number of piperazine rings is 1. The maximum Gasteiger partial charge on any atom is 0.194 e. The van der Waals surface area contributed by atoms with Crippen molar-refractivity contribution in [2.24, 2.45) is 4.99 Å². The number of hydrogen-bond donors (Lipinski definition) is 1. The Morgan fingerprint density at radius 3 is 2.42 bits per heavy atom. The van der Waals surface area contributed by atoms with Crippen molar-refractivity contribution in [3.8, 4) is 0 Å². The second-order valence-electron chi connectivity index (χ2n) is 6.08. The van der Waals surface area contributed by atoms with E-state index in [-0.39, 0.29) is 5.82 Å². The van der Waals surface area contributed by atoms with Gasteiger partial charge < -0.3 is 20.0 Å². The van der Waals surface area contributed by atoms with Crippen LogP contribution >= 0.6 is 0 Å². The molecule has 1 aliphatic rings. The van der Waals surface area contributed by atoms with Gasteiger partial charge in [-0.25, -0.2) is 4.39 Å². The first kappa shape index (κ1) is 18.5. The molecule has 1 aromatic rings. The molecule has 2 rings (SSSR count). The molecule has 134 valence electrons. The van der Waals surface area contributed by atoms with Crippen molar-refractivity contribution in [1.82, 2.24) is 15.1 Å². The minimum absolute atomic E-state index is 0.184. The van der Waals surface area contributed by atoms with Crippen molar-refractivity contribution >= 4 is 11.6 Å². The van der Waals surface area contributed by atoms with E-state index in [4.69, 9.17) is 4.99 Å². The van der Waals surface area contributed by atoms with E-state index in [0.29, 0.717) is 0 Å². The summed E-state index contributed by atoms with van der Waals surface area (Å²) < 4.78 is 13.1. The topological polar surface area (TPSA) is 34.1 Å². The first-order valence-electron chi connectivity index (χ1n) is 8.86. The highest BCUT2D eigenvalue weighted by molar-refractivity contribution is 5.80. The van der Waals surface area contributed by atoms with Crippen molar-refractivity contribution < 1.29 is 4.39 Å². The molecule has 0 saturated carbocycles. The van der Waals surface area contributed by atoms with E-state index in [9.17, 15) is 4.39 Å². The summed E-state index contributed by atoms with van der Waals surface area (Å²) in [5.41, 5.74) is 1.09. The lowest BCUT2D eigenvalue weighted by Gasteiger charge is -2.37. The molecule has 0 atom stereocenters. The van der Waals surface area contributed by atoms with E-state index in [1.165, 1.54) is 12.1 Å². The molecule has 1 aliphatic heterocycles. The van der Waals surface area contributed by atoms with Gasteiger partial charge in [-0.3, -0.25) is 4.99 Å². The molecule has 5 nitrogen and oxygen atoms in total. The zero-order chi connectivity index (χ0) is 17.4. The van der Waals surface area contributed by atoms with E-state index in [1.807, 2.05) is 12.1 Å². The summed E-state index contributed by atoms with van der Waals surface area (Å²) in [6.07, 6.45) is 0. The molecule has 6 heteroatoms. The van der Waals surface area contributed by atoms with Crippen LogP contribution in [0.5, 0.6) is 0 Å². The Morgan fingerprint density at radius 1 is 1.17 bits per heavy atom. The first-order valence-corrected chi connectivity index (χ1v) is 8.86. The van der Waals surface area contributed by atoms with Crippen molar-refractivity contribution in [2.45, 2.75) is 13.8 Å². The number of guanidine groups is 1. The van der Waals surface area contributed by atoms with Crippen LogP contribution in [0.25, 0.3) is 0 Å². The fourth-order valence-corrected chi connectivity index (χ4v) is 2.74. The number of rotatable bonds is 6. The van der Waals surface area contributed by atoms with Gasteiger partial charge in [0, 0.05) is 45.0 Å². The zero-order valence-corrected chi connectivity index (χ0v) is 15.1. The summed E-state index contributed by atoms with van der Waals surface area (Å²) in [7, 11) is 2.11. The van der Waals surface area contributed by atoms with Gasteiger partial charge >= 0.3 is 0 Å². The highest BCUT2D eigenvalue weighted by Gasteiger charge is 2.19. The second-order valence-corrected chi connectivity index (χ2v) is 6.08. The van der Waals surface area contributed by atoms with Gasteiger partial charge in [-0.2, -0.15) is 0 Å². The fraction of sp³-hybridized carbons (Fsp3) is 0.611. The van der Waals surface area contributed by atoms with Gasteiger partial charge in [-0.15, -0.1) is 0 Å². The predicted octanol–water partition coefficient (Wildman–Crippen LogP) is 1.86. The fourth-order valence-electron chi connectivity index (χ4n) is 2.74. The molecular formula is C18H30FN5. The van der Waals surface area contributed by atoms with E-state index >= 15 is 0 Å². The van der Waals surface area contributed by atoms with E-state index in [1.54, 1.807) is 0 Å². The average molecular weight is 335 g/mol. The SMILES string of the molecule is CCNC(=NCCN(C)CC)N1CCN(c2ccc(F)cc2)CC1. The van der Waals surface area contributed by atoms with Crippen LogP contribution in [0.3, 0.4) is 0 Å². The number of nitrogens with one attached hydrogen (secondary N) is 1. The van der Waals surface area contributed by atoms with Crippen LogP contribution in [0, 0.1) is 5.82 Å². The molecule has 0 amide bonds. The quantitative estimate of drug-likeness (QED) is 0.636. The van der Waals surface area contributed by atoms with Gasteiger partial charge in [0.05, 0.1) is 6.54 Å². The monoisotopic (exact) mass is 335 g/mol. The molecule has 0 unspecified atom stereocenters. The highest BCUT2D eigenvalue weighted by atomic mass is 19.1. The first-order chi connectivity index (χ1) is 11.6. The van der Waals surface area contributed by atoms with Crippen molar-refractivity contribution in [2.75, 3.05) is 64.3 Å². The standard InChI is InChI=1S/C18H30FN5/c1-4-20-18(21-10-11-22(3)5-2)24-14-12-23(13-15-24)17-8-6-16(19)7-9-17/h6-9H,4-5,10-15H2,1-3H3,(H,20,21). The van der Waals surface area contributed by atoms with Gasteiger partial charge in [0.1, 0.15) is 5.82 Å². The smallest absolute Gasteiger partial charge is 0.194 e. The predicted molar refractivity (Wildman–Crippen MR) is 99.3 cm³/mol. The van der Waals surface area contributed by atoms with Gasteiger partial charge in [-0.05, 0) is 44.8 Å². The Morgan fingerprint density at radius 2 is 1.83 bits per heavy atom. The summed E-state index contributed by atoms with van der Waals surface area (Å²) in [5.74, 6) is 0.816. The van der Waals surface area contributed by atoms with Crippen LogP contribution in [-0.4, -0.2) is 75.2 Å². The summed E-state index contributed by atoms with van der Waals surface area (Å²) in [4.78, 5) is 11.6. The Balaban J connectivity index is 1.89. The molecule has 1 heterocycles. The van der Waals surface area contributed by atoms with Gasteiger partial charge in [0.25, 0.3) is 0 Å². The zero-order valence-electron chi connectivity index (χ0n) is 15.1. The van der Waals surface area contributed by atoms with Crippen molar-refractivity contribution in [3.63, 3.8) is 0 Å². The van der Waals surface area contributed by atoms with Crippen LogP contribution in [-0.2, 0) is 0 Å². The highest BCUT2D eigenvalue weighted by Crippen LogP contribution is 2.16. The summed E-state index contributed by atoms with van der Waals surface area (Å²) in [6.45, 7) is 11.6. The Hall–Kier alpha value is -1.82. The Kier molecular flexibility index (Phi) is 7.31. The number of anilines is 1. The molecule has 1 N–H and O–H groups in total. The molecule has 0 spiro atoms. The average Bonchev–Trinajstić information content (AvgIpc) is 2.61. The Bertz CT molecular complexity index is 509. The summed E-state index contributed by atoms with van der Waals surface area (Å²) in [6, 6.07) is 6.75. The lowest BCUT2D eigenvalue weighted by molar-refractivity contribution is 0.355. The van der Waals surface area contributed by atoms with Gasteiger partial charge in [-0.1, -0.05) is 6.92 Å². The number of likely N-dealkylation sites (N-methyl/N-ethyl adjacent to an activating group) is 1. The molecule has 0 aliphatic carbocycles. The van der Waals surface area contributed by atoms with E-state index in [0.717, 1.165) is 64.0 Å². The lowest BCUT2D eigenvalue weighted by Crippen LogP contribution is -2.52. The molecule has 24 heavy (non-hydrogen) atoms. The van der Waals surface area contributed by atoms with Crippen molar-refractivity contribution in [3.05, 3.63) is 30.1 Å². The minimum atomic E-state index is -0.184. The van der Waals surface area contributed by atoms with Crippen LogP contribution in [0.2, 0.25) is 0 Å². The minimum Gasteiger partial charge on any atom is -0.368 e. The summed E-state index contributed by atoms with van der Waals surface area (Å²) >= 11 is 0. The maximum atomic E-state index is 13.1. The van der Waals surface area contributed by atoms with E-state index in [2.05, 4.69) is 40.9 Å². The largest absolute Gasteiger partial charge is 0.368 e. The molecule has 1 aromatic carbocycles. The van der Waals surface area contributed by atoms with Crippen molar-refractivity contribution in [1.29, 1.82) is 0 Å². The molecule has 1 saturated heterocycles. The maximum absolute atomic E-state index is 13.1.